The van der Waals surface area contributed by atoms with Crippen molar-refractivity contribution in [3.8, 4) is 0 Å². The molecule has 1 N–H and O–H groups in total. The van der Waals surface area contributed by atoms with Crippen LogP contribution in [0.1, 0.15) is 30.3 Å². The second-order valence-electron chi connectivity index (χ2n) is 4.25. The topological polar surface area (TPSA) is 64.2 Å². The summed E-state index contributed by atoms with van der Waals surface area (Å²) >= 11 is 0. The van der Waals surface area contributed by atoms with Crippen LogP contribution >= 0.6 is 0 Å². The fraction of sp³-hybridized carbons (Fsp3) is 0.667. The summed E-state index contributed by atoms with van der Waals surface area (Å²) in [6.45, 7) is 1.72. The maximum atomic E-state index is 11.4. The highest BCUT2D eigenvalue weighted by Gasteiger charge is 2.25. The number of hydrogen-bond acceptors (Lipinski definition) is 4. The molecule has 1 saturated carbocycles. The van der Waals surface area contributed by atoms with Crippen molar-refractivity contribution in [3.05, 3.63) is 27.9 Å². The SMILES string of the molecule is COCCOCCc1nc(C2CC2)cc(=O)[nH]1. The van der Waals surface area contributed by atoms with Crippen LogP contribution in [-0.4, -0.2) is 36.9 Å². The Kier molecular flexibility index (Phi) is 4.28. The van der Waals surface area contributed by atoms with E-state index in [0.29, 0.717) is 32.2 Å². The van der Waals surface area contributed by atoms with Crippen LogP contribution in [0.4, 0.5) is 0 Å². The predicted molar refractivity (Wildman–Crippen MR) is 63.2 cm³/mol. The first-order chi connectivity index (χ1) is 8.29. The Morgan fingerprint density at radius 2 is 2.24 bits per heavy atom. The molecule has 1 aromatic heterocycles. The van der Waals surface area contributed by atoms with Gasteiger partial charge in [0.1, 0.15) is 5.82 Å². The zero-order chi connectivity index (χ0) is 12.1. The monoisotopic (exact) mass is 238 g/mol. The zero-order valence-corrected chi connectivity index (χ0v) is 10.1. The van der Waals surface area contributed by atoms with E-state index in [1.165, 1.54) is 0 Å². The van der Waals surface area contributed by atoms with E-state index in [4.69, 9.17) is 9.47 Å². The van der Waals surface area contributed by atoms with Gasteiger partial charge >= 0.3 is 0 Å². The van der Waals surface area contributed by atoms with E-state index in [0.717, 1.165) is 24.4 Å². The minimum absolute atomic E-state index is 0.0613. The van der Waals surface area contributed by atoms with Gasteiger partial charge < -0.3 is 14.5 Å². The van der Waals surface area contributed by atoms with Crippen molar-refractivity contribution in [2.45, 2.75) is 25.2 Å². The number of methoxy groups -OCH3 is 1. The normalized spacial score (nSPS) is 15.1. The molecule has 1 aliphatic carbocycles. The van der Waals surface area contributed by atoms with Crippen LogP contribution in [0.2, 0.25) is 0 Å². The molecule has 0 saturated heterocycles. The molecule has 5 nitrogen and oxygen atoms in total. The Balaban J connectivity index is 1.85. The number of nitrogens with one attached hydrogen (secondary N) is 1. The maximum Gasteiger partial charge on any atom is 0.251 e. The van der Waals surface area contributed by atoms with Gasteiger partial charge in [-0.15, -0.1) is 0 Å². The first-order valence-corrected chi connectivity index (χ1v) is 5.96. The zero-order valence-electron chi connectivity index (χ0n) is 10.1. The summed E-state index contributed by atoms with van der Waals surface area (Å²) in [6.07, 6.45) is 2.94. The molecule has 5 heteroatoms. The standard InChI is InChI=1S/C12H18N2O3/c1-16-6-7-17-5-4-11-13-10(9-2-3-9)8-12(15)14-11/h8-9H,2-7H2,1H3,(H,13,14,15). The van der Waals surface area contributed by atoms with Crippen LogP contribution in [0.25, 0.3) is 0 Å². The van der Waals surface area contributed by atoms with Crippen molar-refractivity contribution in [2.24, 2.45) is 0 Å². The lowest BCUT2D eigenvalue weighted by atomic mass is 10.2. The van der Waals surface area contributed by atoms with Crippen molar-refractivity contribution in [3.63, 3.8) is 0 Å². The summed E-state index contributed by atoms with van der Waals surface area (Å²) < 4.78 is 10.2. The van der Waals surface area contributed by atoms with Gasteiger partial charge in [0.15, 0.2) is 0 Å². The van der Waals surface area contributed by atoms with Crippen LogP contribution in [-0.2, 0) is 15.9 Å². The quantitative estimate of drug-likeness (QED) is 0.715. The first-order valence-electron chi connectivity index (χ1n) is 5.96. The smallest absolute Gasteiger partial charge is 0.251 e. The van der Waals surface area contributed by atoms with Crippen LogP contribution in [0.3, 0.4) is 0 Å². The summed E-state index contributed by atoms with van der Waals surface area (Å²) in [5.74, 6) is 1.22. The second kappa shape index (κ2) is 5.93. The van der Waals surface area contributed by atoms with Gasteiger partial charge in [-0.25, -0.2) is 4.98 Å². The van der Waals surface area contributed by atoms with Gasteiger partial charge in [0.05, 0.1) is 25.5 Å². The molecule has 0 amide bonds. The average Bonchev–Trinajstić information content (AvgIpc) is 3.12. The van der Waals surface area contributed by atoms with Crippen LogP contribution in [0.5, 0.6) is 0 Å². The van der Waals surface area contributed by atoms with Crippen LogP contribution in [0.15, 0.2) is 10.9 Å². The number of nitrogens with zero attached hydrogens (tertiary/aromatic N) is 1. The summed E-state index contributed by atoms with van der Waals surface area (Å²) in [6, 6.07) is 1.60. The molecule has 0 aliphatic heterocycles. The van der Waals surface area contributed by atoms with Gasteiger partial charge in [0.2, 0.25) is 0 Å². The minimum atomic E-state index is -0.0613. The molecule has 0 bridgehead atoms. The summed E-state index contributed by atoms with van der Waals surface area (Å²) in [5, 5.41) is 0. The average molecular weight is 238 g/mol. The third kappa shape index (κ3) is 3.94. The minimum Gasteiger partial charge on any atom is -0.382 e. The van der Waals surface area contributed by atoms with E-state index >= 15 is 0 Å². The molecule has 1 aromatic rings. The third-order valence-corrected chi connectivity index (χ3v) is 2.72. The highest BCUT2D eigenvalue weighted by atomic mass is 16.5. The molecule has 1 heterocycles. The number of aromatic nitrogens is 2. The van der Waals surface area contributed by atoms with Crippen molar-refractivity contribution in [1.82, 2.24) is 9.97 Å². The number of H-pyrrole nitrogens is 1. The summed E-state index contributed by atoms with van der Waals surface area (Å²) in [7, 11) is 1.64. The van der Waals surface area contributed by atoms with Crippen molar-refractivity contribution >= 4 is 0 Å². The highest BCUT2D eigenvalue weighted by Crippen LogP contribution is 2.38. The lowest BCUT2D eigenvalue weighted by Gasteiger charge is -2.04. The maximum absolute atomic E-state index is 11.4. The summed E-state index contributed by atoms with van der Waals surface area (Å²) in [5.41, 5.74) is 0.870. The fourth-order valence-corrected chi connectivity index (χ4v) is 1.65. The molecule has 94 valence electrons. The Morgan fingerprint density at radius 1 is 1.41 bits per heavy atom. The highest BCUT2D eigenvalue weighted by molar-refractivity contribution is 5.14. The fourth-order valence-electron chi connectivity index (χ4n) is 1.65. The third-order valence-electron chi connectivity index (χ3n) is 2.72. The molecule has 0 unspecified atom stereocenters. The Hall–Kier alpha value is -1.20. The van der Waals surface area contributed by atoms with E-state index in [9.17, 15) is 4.79 Å². The second-order valence-corrected chi connectivity index (χ2v) is 4.25. The Labute approximate surface area is 100 Å². The van der Waals surface area contributed by atoms with Crippen LogP contribution < -0.4 is 5.56 Å². The molecule has 17 heavy (non-hydrogen) atoms. The number of aromatic amines is 1. The van der Waals surface area contributed by atoms with Crippen molar-refractivity contribution in [1.29, 1.82) is 0 Å². The predicted octanol–water partition coefficient (Wildman–Crippen LogP) is 0.853. The lowest BCUT2D eigenvalue weighted by molar-refractivity contribution is 0.0716. The Morgan fingerprint density at radius 3 is 2.94 bits per heavy atom. The first kappa shape index (κ1) is 12.3. The van der Waals surface area contributed by atoms with Crippen LogP contribution in [0, 0.1) is 0 Å². The van der Waals surface area contributed by atoms with E-state index in [1.54, 1.807) is 13.2 Å². The molecular weight excluding hydrogens is 220 g/mol. The van der Waals surface area contributed by atoms with E-state index in [-0.39, 0.29) is 5.56 Å². The van der Waals surface area contributed by atoms with Gasteiger partial charge in [-0.3, -0.25) is 4.79 Å². The van der Waals surface area contributed by atoms with Gasteiger partial charge in [-0.2, -0.15) is 0 Å². The molecule has 2 rings (SSSR count). The number of hydrogen-bond donors (Lipinski definition) is 1. The van der Waals surface area contributed by atoms with Crippen molar-refractivity contribution < 1.29 is 9.47 Å². The van der Waals surface area contributed by atoms with Crippen molar-refractivity contribution in [2.75, 3.05) is 26.9 Å². The summed E-state index contributed by atoms with van der Waals surface area (Å²) in [4.78, 5) is 18.6. The molecule has 1 aliphatic rings. The molecular formula is C12H18N2O3. The van der Waals surface area contributed by atoms with Gasteiger partial charge in [0.25, 0.3) is 5.56 Å². The number of rotatable bonds is 7. The Bertz CT molecular complexity index is 412. The van der Waals surface area contributed by atoms with E-state index in [1.807, 2.05) is 0 Å². The van der Waals surface area contributed by atoms with E-state index < -0.39 is 0 Å². The molecule has 0 aromatic carbocycles. The molecule has 0 spiro atoms. The van der Waals surface area contributed by atoms with Gasteiger partial charge in [-0.1, -0.05) is 0 Å². The molecule has 1 fully saturated rings. The van der Waals surface area contributed by atoms with E-state index in [2.05, 4.69) is 9.97 Å². The largest absolute Gasteiger partial charge is 0.382 e. The molecule has 0 radical (unpaired) electrons. The van der Waals surface area contributed by atoms with Gasteiger partial charge in [0, 0.05) is 25.5 Å². The lowest BCUT2D eigenvalue weighted by Crippen LogP contribution is -2.14. The van der Waals surface area contributed by atoms with Gasteiger partial charge in [-0.05, 0) is 12.8 Å². The molecule has 0 atom stereocenters. The number of ether oxygens (including phenoxy) is 2.